The van der Waals surface area contributed by atoms with E-state index in [0.717, 1.165) is 89.9 Å². The highest BCUT2D eigenvalue weighted by molar-refractivity contribution is 5.71. The van der Waals surface area contributed by atoms with Gasteiger partial charge in [-0.15, -0.1) is 0 Å². The number of unbranched alkanes of at least 4 members (excludes halogenated alkanes) is 36. The number of ether oxygens (including phenoxy) is 3. The molecule has 0 aliphatic heterocycles. The molecule has 0 amide bonds. The first kappa shape index (κ1) is 77.3. The summed E-state index contributed by atoms with van der Waals surface area (Å²) >= 11 is 0. The first-order valence-corrected chi connectivity index (χ1v) is 34.7. The molecule has 0 aliphatic rings. The minimum Gasteiger partial charge on any atom is -0.462 e. The van der Waals surface area contributed by atoms with Gasteiger partial charge in [0.05, 0.1) is 0 Å². The SMILES string of the molecule is CC/C=C\C/C=C\C/C=C\C/C=C\C/C=C\C/C=C\C/C=C\CCCC(=O)OC(COC(=O)CCCCCCCCCCCCCCC)COC(=O)CCCCCCCCCCCCCCCCC/C=C\CCCCCCCCCC. The maximum atomic E-state index is 12.9. The van der Waals surface area contributed by atoms with E-state index < -0.39 is 6.10 Å². The Kier molecular flexibility index (Phi) is 65.7. The van der Waals surface area contributed by atoms with Crippen molar-refractivity contribution < 1.29 is 28.6 Å². The van der Waals surface area contributed by atoms with Crippen molar-refractivity contribution in [1.82, 2.24) is 0 Å². The molecule has 0 heterocycles. The summed E-state index contributed by atoms with van der Waals surface area (Å²) in [5.41, 5.74) is 0. The van der Waals surface area contributed by atoms with Crippen molar-refractivity contribution in [1.29, 1.82) is 0 Å². The molecule has 6 nitrogen and oxygen atoms in total. The summed E-state index contributed by atoms with van der Waals surface area (Å²) in [6, 6.07) is 0. The number of carbonyl (C=O) groups is 3. The molecule has 0 saturated carbocycles. The van der Waals surface area contributed by atoms with Gasteiger partial charge in [0, 0.05) is 19.3 Å². The average molecular weight is 1130 g/mol. The lowest BCUT2D eigenvalue weighted by Crippen LogP contribution is -2.30. The van der Waals surface area contributed by atoms with Crippen LogP contribution in [0.3, 0.4) is 0 Å². The van der Waals surface area contributed by atoms with Gasteiger partial charge in [0.1, 0.15) is 13.2 Å². The predicted molar refractivity (Wildman–Crippen MR) is 353 cm³/mol. The molecule has 1 unspecified atom stereocenters. The van der Waals surface area contributed by atoms with E-state index in [-0.39, 0.29) is 37.5 Å². The van der Waals surface area contributed by atoms with E-state index in [4.69, 9.17) is 14.2 Å². The van der Waals surface area contributed by atoms with Crippen LogP contribution in [0.25, 0.3) is 0 Å². The quantitative estimate of drug-likeness (QED) is 0.0261. The third-order valence-electron chi connectivity index (χ3n) is 15.1. The van der Waals surface area contributed by atoms with Crippen LogP contribution in [0.1, 0.15) is 342 Å². The van der Waals surface area contributed by atoms with Gasteiger partial charge in [-0.2, -0.15) is 0 Å². The molecular formula is C75H130O6. The fraction of sp³-hybridized carbons (Fsp3) is 0.747. The normalized spacial score (nSPS) is 12.7. The van der Waals surface area contributed by atoms with Crippen LogP contribution < -0.4 is 0 Å². The fourth-order valence-electron chi connectivity index (χ4n) is 9.90. The number of esters is 3. The Balaban J connectivity index is 4.35. The molecule has 6 heteroatoms. The van der Waals surface area contributed by atoms with Gasteiger partial charge in [-0.1, -0.05) is 323 Å². The summed E-state index contributed by atoms with van der Waals surface area (Å²) < 4.78 is 16.9. The van der Waals surface area contributed by atoms with Crippen LogP contribution in [-0.2, 0) is 28.6 Å². The van der Waals surface area contributed by atoms with E-state index in [0.29, 0.717) is 19.3 Å². The van der Waals surface area contributed by atoms with Gasteiger partial charge in [-0.3, -0.25) is 14.4 Å². The highest BCUT2D eigenvalue weighted by atomic mass is 16.6. The van der Waals surface area contributed by atoms with E-state index in [1.807, 2.05) is 0 Å². The second-order valence-corrected chi connectivity index (χ2v) is 23.1. The zero-order valence-corrected chi connectivity index (χ0v) is 53.5. The molecule has 466 valence electrons. The highest BCUT2D eigenvalue weighted by Crippen LogP contribution is 2.17. The Labute approximate surface area is 502 Å². The summed E-state index contributed by atoms with van der Waals surface area (Å²) in [4.78, 5) is 38.4. The van der Waals surface area contributed by atoms with Crippen molar-refractivity contribution in [2.24, 2.45) is 0 Å². The Morgan fingerprint density at radius 2 is 0.494 bits per heavy atom. The fourth-order valence-corrected chi connectivity index (χ4v) is 9.90. The van der Waals surface area contributed by atoms with Crippen molar-refractivity contribution in [2.45, 2.75) is 348 Å². The zero-order chi connectivity index (χ0) is 58.5. The molecule has 1 atom stereocenters. The molecule has 0 rings (SSSR count). The maximum Gasteiger partial charge on any atom is 0.306 e. The summed E-state index contributed by atoms with van der Waals surface area (Å²) in [5.74, 6) is -0.942. The molecule has 0 N–H and O–H groups in total. The molecule has 0 aromatic carbocycles. The van der Waals surface area contributed by atoms with Crippen molar-refractivity contribution in [3.8, 4) is 0 Å². The van der Waals surface area contributed by atoms with Gasteiger partial charge < -0.3 is 14.2 Å². The highest BCUT2D eigenvalue weighted by Gasteiger charge is 2.19. The number of allylic oxidation sites excluding steroid dienone is 16. The summed E-state index contributed by atoms with van der Waals surface area (Å²) in [7, 11) is 0. The molecule has 81 heavy (non-hydrogen) atoms. The van der Waals surface area contributed by atoms with Crippen molar-refractivity contribution >= 4 is 17.9 Å². The number of hydrogen-bond acceptors (Lipinski definition) is 6. The molecule has 0 radical (unpaired) electrons. The van der Waals surface area contributed by atoms with Crippen molar-refractivity contribution in [3.63, 3.8) is 0 Å². The first-order chi connectivity index (χ1) is 40.0. The van der Waals surface area contributed by atoms with Crippen LogP contribution in [-0.4, -0.2) is 37.2 Å². The van der Waals surface area contributed by atoms with Crippen molar-refractivity contribution in [3.05, 3.63) is 97.2 Å². The van der Waals surface area contributed by atoms with Gasteiger partial charge in [0.2, 0.25) is 0 Å². The second-order valence-electron chi connectivity index (χ2n) is 23.1. The van der Waals surface area contributed by atoms with Gasteiger partial charge in [0.15, 0.2) is 6.10 Å². The van der Waals surface area contributed by atoms with Crippen LogP contribution in [0.4, 0.5) is 0 Å². The van der Waals surface area contributed by atoms with Crippen LogP contribution in [0.2, 0.25) is 0 Å². The molecule has 0 fully saturated rings. The third kappa shape index (κ3) is 67.0. The third-order valence-corrected chi connectivity index (χ3v) is 15.1. The molecule has 0 spiro atoms. The average Bonchev–Trinajstić information content (AvgIpc) is 3.46. The van der Waals surface area contributed by atoms with Crippen LogP contribution >= 0.6 is 0 Å². The molecule has 0 aromatic heterocycles. The largest absolute Gasteiger partial charge is 0.462 e. The van der Waals surface area contributed by atoms with E-state index in [2.05, 4.69) is 118 Å². The van der Waals surface area contributed by atoms with Crippen LogP contribution in [0.5, 0.6) is 0 Å². The molecule has 0 bridgehead atoms. The predicted octanol–water partition coefficient (Wildman–Crippen LogP) is 24.0. The Morgan fingerprint density at radius 3 is 0.802 bits per heavy atom. The van der Waals surface area contributed by atoms with E-state index >= 15 is 0 Å². The molecule has 0 saturated heterocycles. The summed E-state index contributed by atoms with van der Waals surface area (Å²) in [5, 5.41) is 0. The monoisotopic (exact) mass is 1130 g/mol. The lowest BCUT2D eigenvalue weighted by Gasteiger charge is -2.18. The maximum absolute atomic E-state index is 12.9. The van der Waals surface area contributed by atoms with Crippen LogP contribution in [0.15, 0.2) is 97.2 Å². The number of rotatable bonds is 63. The smallest absolute Gasteiger partial charge is 0.306 e. The van der Waals surface area contributed by atoms with Gasteiger partial charge in [-0.25, -0.2) is 0 Å². The molecule has 0 aromatic rings. The lowest BCUT2D eigenvalue weighted by atomic mass is 10.0. The van der Waals surface area contributed by atoms with E-state index in [1.54, 1.807) is 0 Å². The minimum atomic E-state index is -0.808. The number of hydrogen-bond donors (Lipinski definition) is 0. The summed E-state index contributed by atoms with van der Waals surface area (Å²) in [6.45, 7) is 6.52. The Bertz CT molecular complexity index is 1580. The van der Waals surface area contributed by atoms with E-state index in [1.165, 1.54) is 205 Å². The van der Waals surface area contributed by atoms with Gasteiger partial charge >= 0.3 is 17.9 Å². The Hall–Kier alpha value is -3.67. The van der Waals surface area contributed by atoms with Gasteiger partial charge in [0.25, 0.3) is 0 Å². The molecule has 0 aliphatic carbocycles. The standard InChI is InChI=1S/C75H130O6/c1-4-7-10-13-16-19-22-25-27-29-31-33-35-36-37-38-40-41-43-45-47-50-53-56-59-62-65-68-74(77)80-71-72(70-79-73(76)67-64-61-58-55-52-49-24-21-18-15-12-9-6-3)81-75(78)69-66-63-60-57-54-51-48-46-44-42-39-34-32-30-28-26-23-20-17-14-11-8-5-2/h8,11,17,20,26,28-29,31-32,34,42,44,48,51,57,60,72H,4-7,9-10,12-16,18-19,21-25,27,30,33,35-41,43,45-47,49-50,52-56,58-59,61-71H2,1-3H3/b11-8-,20-17-,28-26-,31-29-,34-32-,44-42-,51-48-,60-57-. The Morgan fingerprint density at radius 1 is 0.259 bits per heavy atom. The first-order valence-electron chi connectivity index (χ1n) is 34.7. The van der Waals surface area contributed by atoms with E-state index in [9.17, 15) is 14.4 Å². The van der Waals surface area contributed by atoms with Crippen molar-refractivity contribution in [2.75, 3.05) is 13.2 Å². The summed E-state index contributed by atoms with van der Waals surface area (Å²) in [6.07, 6.45) is 93.0. The zero-order valence-electron chi connectivity index (χ0n) is 53.5. The number of carbonyl (C=O) groups excluding carboxylic acids is 3. The topological polar surface area (TPSA) is 78.9 Å². The lowest BCUT2D eigenvalue weighted by molar-refractivity contribution is -0.167. The second kappa shape index (κ2) is 68.8. The molecular weight excluding hydrogens is 997 g/mol. The van der Waals surface area contributed by atoms with Gasteiger partial charge in [-0.05, 0) is 96.3 Å². The minimum absolute atomic E-state index is 0.0973. The van der Waals surface area contributed by atoms with Crippen LogP contribution in [0, 0.1) is 0 Å².